The zero-order chi connectivity index (χ0) is 16.0. The quantitative estimate of drug-likeness (QED) is 0.600. The molecule has 122 valence electrons. The van der Waals surface area contributed by atoms with Crippen LogP contribution in [0.25, 0.3) is 17.0 Å². The van der Waals surface area contributed by atoms with Crippen molar-refractivity contribution in [2.45, 2.75) is 26.7 Å². The van der Waals surface area contributed by atoms with E-state index in [0.29, 0.717) is 0 Å². The van der Waals surface area contributed by atoms with Gasteiger partial charge in [0.1, 0.15) is 0 Å². The van der Waals surface area contributed by atoms with Crippen molar-refractivity contribution in [3.8, 4) is 0 Å². The third-order valence-electron chi connectivity index (χ3n) is 4.74. The molecule has 0 N–H and O–H groups in total. The molecule has 1 aromatic carbocycles. The number of carbonyl (C=O) groups is 1. The van der Waals surface area contributed by atoms with Crippen molar-refractivity contribution in [3.05, 3.63) is 70.7 Å². The van der Waals surface area contributed by atoms with E-state index in [4.69, 9.17) is 0 Å². The highest BCUT2D eigenvalue weighted by Crippen LogP contribution is 2.32. The number of hydrogen-bond donors (Lipinski definition) is 0. The van der Waals surface area contributed by atoms with Crippen molar-refractivity contribution in [2.75, 3.05) is 0 Å². The third kappa shape index (κ3) is 2.45. The van der Waals surface area contributed by atoms with Gasteiger partial charge in [0, 0.05) is 28.5 Å². The Kier molecular flexibility index (Phi) is 4.29. The summed E-state index contributed by atoms with van der Waals surface area (Å²) in [7, 11) is 0. The van der Waals surface area contributed by atoms with Crippen LogP contribution >= 0.6 is 12.4 Å². The summed E-state index contributed by atoms with van der Waals surface area (Å²) in [6.07, 6.45) is 5.46. The molecule has 1 aliphatic heterocycles. The minimum atomic E-state index is 0. The van der Waals surface area contributed by atoms with Gasteiger partial charge in [-0.25, -0.2) is 0 Å². The van der Waals surface area contributed by atoms with E-state index >= 15 is 0 Å². The lowest BCUT2D eigenvalue weighted by atomic mass is 9.99. The molecule has 0 radical (unpaired) electrons. The van der Waals surface area contributed by atoms with Gasteiger partial charge in [0.25, 0.3) is 5.91 Å². The normalized spacial score (nSPS) is 15.4. The second-order valence-electron chi connectivity index (χ2n) is 6.08. The SMILES string of the molecule is Cc1ncccc1/C=C1\CCc2c(C)c3ccccc3n2C1=O.Cl. The van der Waals surface area contributed by atoms with E-state index in [1.807, 2.05) is 47.9 Å². The number of para-hydroxylation sites is 1. The Morgan fingerprint density at radius 2 is 1.88 bits per heavy atom. The van der Waals surface area contributed by atoms with Crippen LogP contribution in [0.4, 0.5) is 0 Å². The van der Waals surface area contributed by atoms with E-state index in [1.54, 1.807) is 6.20 Å². The van der Waals surface area contributed by atoms with Gasteiger partial charge in [-0.2, -0.15) is 0 Å². The van der Waals surface area contributed by atoms with E-state index < -0.39 is 0 Å². The Morgan fingerprint density at radius 1 is 1.08 bits per heavy atom. The monoisotopic (exact) mass is 338 g/mol. The highest BCUT2D eigenvalue weighted by Gasteiger charge is 2.26. The van der Waals surface area contributed by atoms with Crippen LogP contribution in [0.3, 0.4) is 0 Å². The highest BCUT2D eigenvalue weighted by atomic mass is 35.5. The van der Waals surface area contributed by atoms with Gasteiger partial charge in [-0.3, -0.25) is 14.3 Å². The minimum absolute atomic E-state index is 0. The Hall–Kier alpha value is -2.39. The molecule has 0 spiro atoms. The number of pyridine rings is 1. The predicted molar refractivity (Wildman–Crippen MR) is 99.8 cm³/mol. The first-order valence-electron chi connectivity index (χ1n) is 7.92. The summed E-state index contributed by atoms with van der Waals surface area (Å²) in [5.41, 5.74) is 6.22. The lowest BCUT2D eigenvalue weighted by Gasteiger charge is -2.18. The Labute approximate surface area is 147 Å². The van der Waals surface area contributed by atoms with E-state index in [9.17, 15) is 4.79 Å². The summed E-state index contributed by atoms with van der Waals surface area (Å²) in [6, 6.07) is 12.1. The summed E-state index contributed by atoms with van der Waals surface area (Å²) >= 11 is 0. The van der Waals surface area contributed by atoms with Crippen molar-refractivity contribution in [1.82, 2.24) is 9.55 Å². The molecule has 0 amide bonds. The molecule has 3 heterocycles. The highest BCUT2D eigenvalue weighted by molar-refractivity contribution is 6.07. The average Bonchev–Trinajstić information content (AvgIpc) is 2.86. The number of rotatable bonds is 1. The lowest BCUT2D eigenvalue weighted by Crippen LogP contribution is -2.22. The number of fused-ring (bicyclic) bond motifs is 3. The fourth-order valence-corrected chi connectivity index (χ4v) is 3.46. The average molecular weight is 339 g/mol. The van der Waals surface area contributed by atoms with Crippen LogP contribution in [0.1, 0.15) is 33.7 Å². The second kappa shape index (κ2) is 6.25. The maximum absolute atomic E-state index is 13.0. The topological polar surface area (TPSA) is 34.9 Å². The number of aromatic nitrogens is 2. The molecule has 4 rings (SSSR count). The van der Waals surface area contributed by atoms with Gasteiger partial charge in [-0.15, -0.1) is 12.4 Å². The predicted octanol–water partition coefficient (Wildman–Crippen LogP) is 4.74. The molecule has 3 aromatic rings. The summed E-state index contributed by atoms with van der Waals surface area (Å²) in [5, 5.41) is 1.18. The fourth-order valence-electron chi connectivity index (χ4n) is 3.46. The molecule has 0 saturated carbocycles. The van der Waals surface area contributed by atoms with E-state index in [-0.39, 0.29) is 18.3 Å². The summed E-state index contributed by atoms with van der Waals surface area (Å²) in [5.74, 6) is 0.0961. The van der Waals surface area contributed by atoms with E-state index in [0.717, 1.165) is 40.9 Å². The van der Waals surface area contributed by atoms with Crippen molar-refractivity contribution >= 4 is 35.3 Å². The fraction of sp³-hybridized carbons (Fsp3) is 0.200. The van der Waals surface area contributed by atoms with Gasteiger partial charge in [0.05, 0.1) is 5.52 Å². The second-order valence-corrected chi connectivity index (χ2v) is 6.08. The lowest BCUT2D eigenvalue weighted by molar-refractivity contribution is 0.0946. The zero-order valence-electron chi connectivity index (χ0n) is 13.7. The van der Waals surface area contributed by atoms with Crippen molar-refractivity contribution in [3.63, 3.8) is 0 Å². The number of carbonyl (C=O) groups excluding carboxylic acids is 1. The molecule has 0 unspecified atom stereocenters. The molecule has 0 saturated heterocycles. The Morgan fingerprint density at radius 3 is 2.67 bits per heavy atom. The number of nitrogens with zero attached hydrogens (tertiary/aromatic N) is 2. The molecule has 1 aliphatic rings. The molecule has 24 heavy (non-hydrogen) atoms. The standard InChI is InChI=1S/C20H18N2O.ClH/c1-13-17-7-3-4-8-19(17)22-18(13)10-9-16(20(22)23)12-15-6-5-11-21-14(15)2;/h3-8,11-12H,9-10H2,1-2H3;1H/b16-12+;. The number of benzene rings is 1. The number of hydrogen-bond acceptors (Lipinski definition) is 2. The molecule has 0 fully saturated rings. The van der Waals surface area contributed by atoms with Gasteiger partial charge >= 0.3 is 0 Å². The van der Waals surface area contributed by atoms with E-state index in [2.05, 4.69) is 18.0 Å². The molecular weight excluding hydrogens is 320 g/mol. The van der Waals surface area contributed by atoms with Crippen molar-refractivity contribution in [1.29, 1.82) is 0 Å². The van der Waals surface area contributed by atoms with Crippen LogP contribution in [0, 0.1) is 13.8 Å². The minimum Gasteiger partial charge on any atom is -0.280 e. The van der Waals surface area contributed by atoms with Gasteiger partial charge < -0.3 is 0 Å². The van der Waals surface area contributed by atoms with Crippen LogP contribution in [-0.2, 0) is 6.42 Å². The Bertz CT molecular complexity index is 969. The number of allylic oxidation sites excluding steroid dienone is 1. The summed E-state index contributed by atoms with van der Waals surface area (Å²) < 4.78 is 1.89. The zero-order valence-corrected chi connectivity index (χ0v) is 14.6. The Balaban J connectivity index is 0.00000169. The number of halogens is 1. The number of aryl methyl sites for hydroxylation is 2. The molecule has 0 atom stereocenters. The van der Waals surface area contributed by atoms with E-state index in [1.165, 1.54) is 10.9 Å². The van der Waals surface area contributed by atoms with Crippen LogP contribution in [0.5, 0.6) is 0 Å². The van der Waals surface area contributed by atoms with Crippen LogP contribution in [-0.4, -0.2) is 15.5 Å². The van der Waals surface area contributed by atoms with Crippen LogP contribution in [0.2, 0.25) is 0 Å². The molecule has 3 nitrogen and oxygen atoms in total. The van der Waals surface area contributed by atoms with Gasteiger partial charge in [0.2, 0.25) is 0 Å². The molecule has 0 aliphatic carbocycles. The van der Waals surface area contributed by atoms with Crippen LogP contribution in [0.15, 0.2) is 48.2 Å². The third-order valence-corrected chi connectivity index (χ3v) is 4.74. The first kappa shape index (κ1) is 16.5. The van der Waals surface area contributed by atoms with Gasteiger partial charge in [0.15, 0.2) is 0 Å². The summed E-state index contributed by atoms with van der Waals surface area (Å²) in [6.45, 7) is 4.09. The molecule has 2 aromatic heterocycles. The molecular formula is C20H19ClN2O. The van der Waals surface area contributed by atoms with Crippen molar-refractivity contribution in [2.24, 2.45) is 0 Å². The smallest absolute Gasteiger partial charge is 0.258 e. The van der Waals surface area contributed by atoms with Crippen molar-refractivity contribution < 1.29 is 4.79 Å². The maximum atomic E-state index is 13.0. The van der Waals surface area contributed by atoms with Gasteiger partial charge in [-0.1, -0.05) is 24.3 Å². The largest absolute Gasteiger partial charge is 0.280 e. The first-order chi connectivity index (χ1) is 11.2. The molecule has 4 heteroatoms. The molecule has 0 bridgehead atoms. The maximum Gasteiger partial charge on any atom is 0.258 e. The summed E-state index contributed by atoms with van der Waals surface area (Å²) in [4.78, 5) is 17.3. The van der Waals surface area contributed by atoms with Crippen LogP contribution < -0.4 is 0 Å². The van der Waals surface area contributed by atoms with Gasteiger partial charge in [-0.05, 0) is 56.0 Å². The first-order valence-corrected chi connectivity index (χ1v) is 7.92.